The van der Waals surface area contributed by atoms with Crippen LogP contribution < -0.4 is 10.7 Å². The van der Waals surface area contributed by atoms with E-state index in [0.717, 1.165) is 12.1 Å². The molecule has 2 rings (SSSR count). The fraction of sp³-hybridized carbons (Fsp3) is 0.286. The van der Waals surface area contributed by atoms with Gasteiger partial charge in [-0.3, -0.25) is 4.79 Å². The van der Waals surface area contributed by atoms with Gasteiger partial charge in [0.15, 0.2) is 5.82 Å². The van der Waals surface area contributed by atoms with Gasteiger partial charge in [-0.05, 0) is 25.6 Å². The van der Waals surface area contributed by atoms with E-state index >= 15 is 0 Å². The summed E-state index contributed by atoms with van der Waals surface area (Å²) >= 11 is 0. The van der Waals surface area contributed by atoms with Gasteiger partial charge in [-0.25, -0.2) is 13.5 Å². The predicted molar refractivity (Wildman–Crippen MR) is 71.9 cm³/mol. The highest BCUT2D eigenvalue weighted by Gasteiger charge is 2.11. The maximum Gasteiger partial charge on any atom is 0.204 e. The second-order valence-corrected chi connectivity index (χ2v) is 4.38. The van der Waals surface area contributed by atoms with Crippen LogP contribution in [0, 0.1) is 18.6 Å². The average Bonchev–Trinajstić information content (AvgIpc) is 2.39. The lowest BCUT2D eigenvalue weighted by molar-refractivity contribution is 0.567. The van der Waals surface area contributed by atoms with Gasteiger partial charge in [-0.15, -0.1) is 0 Å². The molecular formula is C14H15F2N3O. The lowest BCUT2D eigenvalue weighted by Crippen LogP contribution is -2.24. The fourth-order valence-electron chi connectivity index (χ4n) is 1.85. The second-order valence-electron chi connectivity index (χ2n) is 4.38. The Hall–Kier alpha value is -2.08. The molecule has 0 aliphatic heterocycles. The number of hydrogen-bond acceptors (Lipinski definition) is 3. The topological polar surface area (TPSA) is 46.9 Å². The van der Waals surface area contributed by atoms with E-state index in [4.69, 9.17) is 0 Å². The van der Waals surface area contributed by atoms with E-state index in [0.29, 0.717) is 24.5 Å². The van der Waals surface area contributed by atoms with E-state index < -0.39 is 11.6 Å². The van der Waals surface area contributed by atoms with Gasteiger partial charge < -0.3 is 5.32 Å². The van der Waals surface area contributed by atoms with Crippen LogP contribution in [0.15, 0.2) is 29.1 Å². The minimum absolute atomic E-state index is 0.113. The minimum atomic E-state index is -0.723. The third-order valence-electron chi connectivity index (χ3n) is 2.86. The molecule has 0 aliphatic rings. The first-order valence-electron chi connectivity index (χ1n) is 6.29. The first-order valence-corrected chi connectivity index (χ1v) is 6.29. The number of nitrogens with one attached hydrogen (secondary N) is 1. The van der Waals surface area contributed by atoms with Crippen LogP contribution in [0.3, 0.4) is 0 Å². The van der Waals surface area contributed by atoms with Gasteiger partial charge in [0.1, 0.15) is 17.2 Å². The van der Waals surface area contributed by atoms with Crippen LogP contribution in [-0.4, -0.2) is 16.3 Å². The van der Waals surface area contributed by atoms with E-state index in [2.05, 4.69) is 10.4 Å². The van der Waals surface area contributed by atoms with Gasteiger partial charge in [-0.2, -0.15) is 5.10 Å². The Morgan fingerprint density at radius 2 is 2.05 bits per heavy atom. The maximum absolute atomic E-state index is 13.8. The fourth-order valence-corrected chi connectivity index (χ4v) is 1.85. The Bertz CT molecular complexity index is 683. The standard InChI is InChI=1S/C14H15F2N3O/c1-3-17-8-12-14(20)6-9(2)19(18-12)13-5-4-10(15)7-11(13)16/h4-7,17H,3,8H2,1-2H3. The lowest BCUT2D eigenvalue weighted by atomic mass is 10.2. The normalized spacial score (nSPS) is 10.8. The Kier molecular flexibility index (Phi) is 4.24. The van der Waals surface area contributed by atoms with Gasteiger partial charge >= 0.3 is 0 Å². The molecule has 0 atom stereocenters. The van der Waals surface area contributed by atoms with Crippen LogP contribution in [0.2, 0.25) is 0 Å². The van der Waals surface area contributed by atoms with Crippen molar-refractivity contribution in [2.24, 2.45) is 0 Å². The first kappa shape index (κ1) is 14.3. The molecule has 1 N–H and O–H groups in total. The molecule has 2 aromatic rings. The molecule has 20 heavy (non-hydrogen) atoms. The molecule has 1 aromatic carbocycles. The molecule has 0 saturated carbocycles. The SMILES string of the molecule is CCNCc1nn(-c2ccc(F)cc2F)c(C)cc1=O. The van der Waals surface area contributed by atoms with Crippen LogP contribution in [0.4, 0.5) is 8.78 Å². The summed E-state index contributed by atoms with van der Waals surface area (Å²) in [5.41, 5.74) is 0.686. The van der Waals surface area contributed by atoms with Crippen molar-refractivity contribution in [3.8, 4) is 5.69 Å². The Labute approximate surface area is 115 Å². The second kappa shape index (κ2) is 5.92. The van der Waals surface area contributed by atoms with Crippen molar-refractivity contribution in [2.75, 3.05) is 6.54 Å². The smallest absolute Gasteiger partial charge is 0.204 e. The molecule has 0 amide bonds. The quantitative estimate of drug-likeness (QED) is 0.930. The largest absolute Gasteiger partial charge is 0.311 e. The van der Waals surface area contributed by atoms with E-state index in [1.54, 1.807) is 6.92 Å². The number of benzene rings is 1. The zero-order valence-corrected chi connectivity index (χ0v) is 11.3. The number of halogens is 2. The van der Waals surface area contributed by atoms with Crippen molar-refractivity contribution in [3.05, 3.63) is 57.5 Å². The molecule has 1 aromatic heterocycles. The minimum Gasteiger partial charge on any atom is -0.311 e. The van der Waals surface area contributed by atoms with Crippen LogP contribution >= 0.6 is 0 Å². The molecule has 0 fully saturated rings. The summed E-state index contributed by atoms with van der Waals surface area (Å²) < 4.78 is 28.1. The maximum atomic E-state index is 13.8. The molecular weight excluding hydrogens is 264 g/mol. The molecule has 0 unspecified atom stereocenters. The van der Waals surface area contributed by atoms with Crippen LogP contribution in [-0.2, 0) is 6.54 Å². The number of nitrogens with zero attached hydrogens (tertiary/aromatic N) is 2. The summed E-state index contributed by atoms with van der Waals surface area (Å²) in [6, 6.07) is 4.63. The van der Waals surface area contributed by atoms with Crippen LogP contribution in [0.1, 0.15) is 18.3 Å². The zero-order valence-electron chi connectivity index (χ0n) is 11.3. The Morgan fingerprint density at radius 3 is 2.70 bits per heavy atom. The molecule has 6 heteroatoms. The first-order chi connectivity index (χ1) is 9.52. The molecule has 106 valence electrons. The van der Waals surface area contributed by atoms with Crippen LogP contribution in [0.5, 0.6) is 0 Å². The van der Waals surface area contributed by atoms with E-state index in [1.807, 2.05) is 6.92 Å². The zero-order chi connectivity index (χ0) is 14.7. The highest BCUT2D eigenvalue weighted by atomic mass is 19.1. The van der Waals surface area contributed by atoms with Gasteiger partial charge in [0, 0.05) is 24.4 Å². The van der Waals surface area contributed by atoms with E-state index in [9.17, 15) is 13.6 Å². The predicted octanol–water partition coefficient (Wildman–Crippen LogP) is 1.93. The van der Waals surface area contributed by atoms with Crippen molar-refractivity contribution in [1.29, 1.82) is 0 Å². The van der Waals surface area contributed by atoms with Crippen molar-refractivity contribution in [3.63, 3.8) is 0 Å². The van der Waals surface area contributed by atoms with Gasteiger partial charge in [0.25, 0.3) is 0 Å². The molecule has 0 spiro atoms. The number of hydrogen-bond donors (Lipinski definition) is 1. The Morgan fingerprint density at radius 1 is 1.30 bits per heavy atom. The molecule has 0 bridgehead atoms. The molecule has 1 heterocycles. The van der Waals surface area contributed by atoms with Crippen molar-refractivity contribution in [2.45, 2.75) is 20.4 Å². The lowest BCUT2D eigenvalue weighted by Gasteiger charge is -2.12. The summed E-state index contributed by atoms with van der Waals surface area (Å²) in [7, 11) is 0. The number of aryl methyl sites for hydroxylation is 1. The highest BCUT2D eigenvalue weighted by Crippen LogP contribution is 2.15. The van der Waals surface area contributed by atoms with Gasteiger partial charge in [-0.1, -0.05) is 6.92 Å². The third-order valence-corrected chi connectivity index (χ3v) is 2.86. The van der Waals surface area contributed by atoms with Crippen molar-refractivity contribution < 1.29 is 8.78 Å². The summed E-state index contributed by atoms with van der Waals surface area (Å²) in [6.07, 6.45) is 0. The Balaban J connectivity index is 2.53. The van der Waals surface area contributed by atoms with Crippen LogP contribution in [0.25, 0.3) is 5.69 Å². The summed E-state index contributed by atoms with van der Waals surface area (Å²) in [5, 5.41) is 7.15. The molecule has 0 aliphatic carbocycles. The third kappa shape index (κ3) is 2.91. The van der Waals surface area contributed by atoms with Gasteiger partial charge in [0.05, 0.1) is 0 Å². The summed E-state index contributed by atoms with van der Waals surface area (Å²) in [5.74, 6) is -1.38. The summed E-state index contributed by atoms with van der Waals surface area (Å²) in [6.45, 7) is 4.55. The highest BCUT2D eigenvalue weighted by molar-refractivity contribution is 5.34. The molecule has 0 radical (unpaired) electrons. The van der Waals surface area contributed by atoms with E-state index in [1.165, 1.54) is 16.8 Å². The average molecular weight is 279 g/mol. The monoisotopic (exact) mass is 279 g/mol. The molecule has 4 nitrogen and oxygen atoms in total. The van der Waals surface area contributed by atoms with E-state index in [-0.39, 0.29) is 11.1 Å². The number of rotatable bonds is 4. The molecule has 0 saturated heterocycles. The van der Waals surface area contributed by atoms with Crippen molar-refractivity contribution >= 4 is 0 Å². The van der Waals surface area contributed by atoms with Crippen molar-refractivity contribution in [1.82, 2.24) is 15.1 Å². The van der Waals surface area contributed by atoms with Gasteiger partial charge in [0.2, 0.25) is 5.43 Å². The number of aromatic nitrogens is 2. The summed E-state index contributed by atoms with van der Waals surface area (Å²) in [4.78, 5) is 11.8.